The number of aromatic nitrogens is 2. The number of para-hydroxylation sites is 1. The van der Waals surface area contributed by atoms with Gasteiger partial charge in [-0.05, 0) is 68.0 Å². The van der Waals surface area contributed by atoms with Gasteiger partial charge in [0.2, 0.25) is 0 Å². The fourth-order valence-corrected chi connectivity index (χ4v) is 4.37. The molecule has 0 fully saturated rings. The molecular weight excluding hydrogens is 508 g/mol. The quantitative estimate of drug-likeness (QED) is 0.244. The Morgan fingerprint density at radius 2 is 1.80 bits per heavy atom. The Balaban J connectivity index is 1.66. The van der Waals surface area contributed by atoms with Gasteiger partial charge >= 0.3 is 12.1 Å². The second kappa shape index (κ2) is 11.9. The van der Waals surface area contributed by atoms with Crippen molar-refractivity contribution in [3.05, 3.63) is 89.9 Å². The number of fused-ring (bicyclic) bond motifs is 1. The van der Waals surface area contributed by atoms with Gasteiger partial charge in [-0.15, -0.1) is 0 Å². The Hall–Kier alpha value is -4.79. The third kappa shape index (κ3) is 6.79. The van der Waals surface area contributed by atoms with Crippen LogP contribution in [-0.4, -0.2) is 38.6 Å². The van der Waals surface area contributed by atoms with Crippen LogP contribution in [0.4, 0.5) is 10.5 Å². The first-order valence-corrected chi connectivity index (χ1v) is 13.0. The van der Waals surface area contributed by atoms with E-state index in [0.29, 0.717) is 23.4 Å². The lowest BCUT2D eigenvalue weighted by Crippen LogP contribution is -2.32. The minimum Gasteiger partial charge on any atom is -0.481 e. The molecule has 0 saturated carbocycles. The second-order valence-electron chi connectivity index (χ2n) is 10.3. The van der Waals surface area contributed by atoms with Gasteiger partial charge in [-0.3, -0.25) is 14.6 Å². The number of anilines is 1. The van der Waals surface area contributed by atoms with Gasteiger partial charge in [0.1, 0.15) is 11.3 Å². The summed E-state index contributed by atoms with van der Waals surface area (Å²) < 4.78 is 5.32. The van der Waals surface area contributed by atoms with Crippen LogP contribution in [-0.2, 0) is 16.1 Å². The standard InChI is InChI=1S/C31H32N4O5/c1-5-22(29(37)38)23-11-6-7-12-25(23)35-28(36)26-16-20-13-14-32-18-24(20)27(34-26)21-10-8-9-19(15-21)17-33-30(39)40-31(2,3)4/h6-16,18,22H,5,17H2,1-4H3,(H,33,39)(H,35,36)(H,37,38). The number of nitrogens with one attached hydrogen (secondary N) is 2. The Labute approximate surface area is 232 Å². The van der Waals surface area contributed by atoms with Gasteiger partial charge in [-0.25, -0.2) is 9.78 Å². The van der Waals surface area contributed by atoms with Crippen molar-refractivity contribution in [2.75, 3.05) is 5.32 Å². The summed E-state index contributed by atoms with van der Waals surface area (Å²) in [5, 5.41) is 16.8. The molecule has 0 aliphatic rings. The van der Waals surface area contributed by atoms with Gasteiger partial charge in [-0.1, -0.05) is 43.3 Å². The highest BCUT2D eigenvalue weighted by atomic mass is 16.6. The van der Waals surface area contributed by atoms with E-state index in [2.05, 4.69) is 15.6 Å². The maximum atomic E-state index is 13.4. The molecule has 2 amide bonds. The maximum absolute atomic E-state index is 13.4. The van der Waals surface area contributed by atoms with Gasteiger partial charge in [0, 0.05) is 35.6 Å². The minimum atomic E-state index is -0.955. The summed E-state index contributed by atoms with van der Waals surface area (Å²) >= 11 is 0. The lowest BCUT2D eigenvalue weighted by Gasteiger charge is -2.19. The minimum absolute atomic E-state index is 0.171. The molecule has 0 bridgehead atoms. The Bertz CT molecular complexity index is 1560. The summed E-state index contributed by atoms with van der Waals surface area (Å²) in [5.74, 6) is -2.17. The number of carbonyl (C=O) groups excluding carboxylic acids is 2. The number of amides is 2. The molecule has 0 radical (unpaired) electrons. The molecule has 0 aliphatic carbocycles. The highest BCUT2D eigenvalue weighted by molar-refractivity contribution is 6.07. The van der Waals surface area contributed by atoms with Gasteiger partial charge in [0.15, 0.2) is 0 Å². The number of carboxylic acids is 1. The van der Waals surface area contributed by atoms with E-state index in [1.807, 2.05) is 24.3 Å². The average molecular weight is 541 g/mol. The molecule has 206 valence electrons. The summed E-state index contributed by atoms with van der Waals surface area (Å²) in [7, 11) is 0. The predicted octanol–water partition coefficient (Wildman–Crippen LogP) is 6.15. The van der Waals surface area contributed by atoms with Crippen LogP contribution < -0.4 is 10.6 Å². The Kier molecular flexibility index (Phi) is 8.43. The highest BCUT2D eigenvalue weighted by Gasteiger charge is 2.22. The number of ether oxygens (including phenoxy) is 1. The monoisotopic (exact) mass is 540 g/mol. The second-order valence-corrected chi connectivity index (χ2v) is 10.3. The normalized spacial score (nSPS) is 12.0. The highest BCUT2D eigenvalue weighted by Crippen LogP contribution is 2.30. The van der Waals surface area contributed by atoms with E-state index in [1.165, 1.54) is 0 Å². The molecule has 2 heterocycles. The van der Waals surface area contributed by atoms with Crippen molar-refractivity contribution in [3.8, 4) is 11.3 Å². The third-order valence-electron chi connectivity index (χ3n) is 6.19. The van der Waals surface area contributed by atoms with E-state index >= 15 is 0 Å². The van der Waals surface area contributed by atoms with E-state index < -0.39 is 29.5 Å². The number of rotatable bonds is 8. The van der Waals surface area contributed by atoms with Gasteiger partial charge in [0.25, 0.3) is 5.91 Å². The van der Waals surface area contributed by atoms with E-state index in [0.717, 1.165) is 21.9 Å². The molecule has 9 nitrogen and oxygen atoms in total. The summed E-state index contributed by atoms with van der Waals surface area (Å²) in [6.45, 7) is 7.44. The number of hydrogen-bond acceptors (Lipinski definition) is 6. The third-order valence-corrected chi connectivity index (χ3v) is 6.19. The van der Waals surface area contributed by atoms with Crippen LogP contribution in [0, 0.1) is 0 Å². The van der Waals surface area contributed by atoms with Crippen molar-refractivity contribution in [2.45, 2.75) is 52.2 Å². The van der Waals surface area contributed by atoms with Gasteiger partial charge in [0.05, 0.1) is 11.6 Å². The molecular formula is C31H32N4O5. The van der Waals surface area contributed by atoms with Crippen molar-refractivity contribution >= 4 is 34.4 Å². The molecule has 1 unspecified atom stereocenters. The van der Waals surface area contributed by atoms with E-state index in [-0.39, 0.29) is 12.2 Å². The van der Waals surface area contributed by atoms with Crippen molar-refractivity contribution in [3.63, 3.8) is 0 Å². The van der Waals surface area contributed by atoms with Crippen LogP contribution in [0.15, 0.2) is 73.1 Å². The fourth-order valence-electron chi connectivity index (χ4n) is 4.37. The van der Waals surface area contributed by atoms with Crippen LogP contribution in [0.5, 0.6) is 0 Å². The van der Waals surface area contributed by atoms with E-state index in [4.69, 9.17) is 9.72 Å². The smallest absolute Gasteiger partial charge is 0.407 e. The average Bonchev–Trinajstić information content (AvgIpc) is 2.91. The number of aliphatic carboxylic acids is 1. The topological polar surface area (TPSA) is 131 Å². The molecule has 0 aliphatic heterocycles. The van der Waals surface area contributed by atoms with Crippen LogP contribution in [0.3, 0.4) is 0 Å². The number of alkyl carbamates (subject to hydrolysis) is 1. The molecule has 1 atom stereocenters. The van der Waals surface area contributed by atoms with E-state index in [9.17, 15) is 19.5 Å². The summed E-state index contributed by atoms with van der Waals surface area (Å²) in [4.78, 5) is 46.3. The lowest BCUT2D eigenvalue weighted by atomic mass is 9.95. The molecule has 4 rings (SSSR count). The number of pyridine rings is 2. The molecule has 3 N–H and O–H groups in total. The van der Waals surface area contributed by atoms with Crippen LogP contribution in [0.1, 0.15) is 61.6 Å². The number of hydrogen-bond donors (Lipinski definition) is 3. The zero-order valence-corrected chi connectivity index (χ0v) is 22.9. The largest absolute Gasteiger partial charge is 0.481 e. The summed E-state index contributed by atoms with van der Waals surface area (Å²) in [5.41, 5.74) is 2.65. The first-order valence-electron chi connectivity index (χ1n) is 13.0. The number of nitrogens with zero attached hydrogens (tertiary/aromatic N) is 2. The van der Waals surface area contributed by atoms with Gasteiger partial charge < -0.3 is 20.5 Å². The Morgan fingerprint density at radius 1 is 1.02 bits per heavy atom. The molecule has 40 heavy (non-hydrogen) atoms. The first kappa shape index (κ1) is 28.2. The fraction of sp³-hybridized carbons (Fsp3) is 0.258. The molecule has 4 aromatic rings. The Morgan fingerprint density at radius 3 is 2.52 bits per heavy atom. The van der Waals surface area contributed by atoms with Crippen molar-refractivity contribution in [1.82, 2.24) is 15.3 Å². The van der Waals surface area contributed by atoms with Crippen molar-refractivity contribution < 1.29 is 24.2 Å². The first-order chi connectivity index (χ1) is 19.1. The van der Waals surface area contributed by atoms with Crippen LogP contribution >= 0.6 is 0 Å². The van der Waals surface area contributed by atoms with Crippen molar-refractivity contribution in [1.29, 1.82) is 0 Å². The summed E-state index contributed by atoms with van der Waals surface area (Å²) in [6.07, 6.45) is 3.20. The predicted molar refractivity (Wildman–Crippen MR) is 153 cm³/mol. The number of carbonyl (C=O) groups is 3. The molecule has 0 spiro atoms. The van der Waals surface area contributed by atoms with Crippen LogP contribution in [0.25, 0.3) is 22.0 Å². The van der Waals surface area contributed by atoms with Crippen LogP contribution in [0.2, 0.25) is 0 Å². The molecule has 2 aromatic heterocycles. The zero-order valence-electron chi connectivity index (χ0n) is 22.9. The molecule has 2 aromatic carbocycles. The maximum Gasteiger partial charge on any atom is 0.407 e. The SMILES string of the molecule is CCC(C(=O)O)c1ccccc1NC(=O)c1cc2ccncc2c(-c2cccc(CNC(=O)OC(C)(C)C)c2)n1. The van der Waals surface area contributed by atoms with E-state index in [1.54, 1.807) is 76.5 Å². The molecule has 9 heteroatoms. The van der Waals surface area contributed by atoms with Gasteiger partial charge in [-0.2, -0.15) is 0 Å². The molecule has 0 saturated heterocycles. The number of benzene rings is 2. The zero-order chi connectivity index (χ0) is 28.9. The summed E-state index contributed by atoms with van der Waals surface area (Å²) in [6, 6.07) is 17.9. The van der Waals surface area contributed by atoms with Crippen molar-refractivity contribution in [2.24, 2.45) is 0 Å². The lowest BCUT2D eigenvalue weighted by molar-refractivity contribution is -0.138. The number of carboxylic acid groups (broad SMARTS) is 1.